The summed E-state index contributed by atoms with van der Waals surface area (Å²) in [7, 11) is -13.8. The summed E-state index contributed by atoms with van der Waals surface area (Å²) < 4.78 is 87.9. The molecule has 0 saturated carbocycles. The molecule has 0 amide bonds. The van der Waals surface area contributed by atoms with E-state index in [4.69, 9.17) is 0 Å². The molecule has 21 heteroatoms. The molecule has 0 aromatic heterocycles. The summed E-state index contributed by atoms with van der Waals surface area (Å²) >= 11 is 0. The summed E-state index contributed by atoms with van der Waals surface area (Å²) in [6, 6.07) is 19.5. The first-order valence-corrected chi connectivity index (χ1v) is 18.1. The summed E-state index contributed by atoms with van der Waals surface area (Å²) in [5.74, 6) is -3.98. The van der Waals surface area contributed by atoms with Crippen LogP contribution in [0.3, 0.4) is 0 Å². The smallest absolute Gasteiger partial charge is 0.335 e. The topological polar surface area (TPSA) is 250 Å². The van der Waals surface area contributed by atoms with Crippen molar-refractivity contribution in [2.45, 2.75) is 14.7 Å². The fourth-order valence-corrected chi connectivity index (χ4v) is 8.19. The summed E-state index contributed by atoms with van der Waals surface area (Å²) in [5.41, 5.74) is -1.13. The molecular formula is C31H23N3Na3O12S3. The fourth-order valence-electron chi connectivity index (χ4n) is 4.62. The largest absolute Gasteiger partial charge is 0.478 e. The van der Waals surface area contributed by atoms with Crippen LogP contribution in [-0.4, -0.2) is 147 Å². The standard InChI is InChI=1S/C31H23N3O12S3.3Na/c35-29(36)18-4-1-7-22(12-18)32-47(41,42)25-10-11-27-21(15-25)16-26(48(43,44)33-23-8-2-5-19(13-23)30(37)38)17-28(27)49(45,46)34-24-9-3-6-20(14-24)31(39)40;;;/h1-17,32-34H,(H,35,36)(H,37,38)(H,39,40);;;. The van der Waals surface area contributed by atoms with Gasteiger partial charge in [0.2, 0.25) is 0 Å². The Balaban J connectivity index is 0.00000312. The van der Waals surface area contributed by atoms with Crippen molar-refractivity contribution >= 4 is 164 Å². The van der Waals surface area contributed by atoms with E-state index < -0.39 is 62.7 Å². The monoisotopic (exact) mass is 794 g/mol. The third-order valence-corrected chi connectivity index (χ3v) is 11.0. The number of fused-ring (bicyclic) bond motifs is 1. The first-order chi connectivity index (χ1) is 22.9. The molecule has 15 nitrogen and oxygen atoms in total. The minimum absolute atomic E-state index is 0. The molecule has 0 heterocycles. The van der Waals surface area contributed by atoms with Gasteiger partial charge in [-0.05, 0) is 84.2 Å². The van der Waals surface area contributed by atoms with Crippen LogP contribution in [0.1, 0.15) is 31.1 Å². The van der Waals surface area contributed by atoms with Crippen LogP contribution < -0.4 is 14.2 Å². The van der Waals surface area contributed by atoms with Crippen LogP contribution in [0.4, 0.5) is 17.1 Å². The summed E-state index contributed by atoms with van der Waals surface area (Å²) in [5, 5.41) is 27.6. The van der Waals surface area contributed by atoms with Crippen molar-refractivity contribution in [1.82, 2.24) is 0 Å². The molecule has 5 aromatic rings. The zero-order valence-corrected chi connectivity index (χ0v) is 36.0. The molecule has 0 spiro atoms. The Morgan fingerprint density at radius 3 is 1.21 bits per heavy atom. The molecular weight excluding hydrogens is 772 g/mol. The zero-order valence-electron chi connectivity index (χ0n) is 27.6. The molecule has 0 unspecified atom stereocenters. The SMILES string of the molecule is O=C(O)c1cccc(NS(=O)(=O)c2ccc3c(S(=O)(=O)Nc4cccc(C(=O)O)c4)cc(S(=O)(=O)Nc4cccc(C(=O)O)c4)cc3c2)c1.[Na].[Na].[Na]. The molecule has 5 aromatic carbocycles. The third kappa shape index (κ3) is 10.6. The number of benzene rings is 5. The zero-order chi connectivity index (χ0) is 35.7. The van der Waals surface area contributed by atoms with Crippen molar-refractivity contribution in [3.63, 3.8) is 0 Å². The first-order valence-electron chi connectivity index (χ1n) is 13.6. The minimum Gasteiger partial charge on any atom is -0.478 e. The maximum absolute atomic E-state index is 13.7. The van der Waals surface area contributed by atoms with Crippen molar-refractivity contribution < 1.29 is 55.0 Å². The molecule has 0 atom stereocenters. The molecule has 5 rings (SSSR count). The number of sulfonamides is 3. The van der Waals surface area contributed by atoms with Gasteiger partial charge in [0.15, 0.2) is 0 Å². The van der Waals surface area contributed by atoms with Gasteiger partial charge in [0.05, 0.1) is 31.4 Å². The predicted octanol–water partition coefficient (Wildman–Crippen LogP) is 3.19. The quantitative estimate of drug-likeness (QED) is 0.0997. The second-order valence-electron chi connectivity index (χ2n) is 10.3. The van der Waals surface area contributed by atoms with E-state index in [1.807, 2.05) is 0 Å². The van der Waals surface area contributed by atoms with Gasteiger partial charge in [0.25, 0.3) is 30.1 Å². The summed E-state index contributed by atoms with van der Waals surface area (Å²) in [4.78, 5) is 32.5. The number of hydrogen-bond donors (Lipinski definition) is 6. The molecule has 6 N–H and O–H groups in total. The Kier molecular flexibility index (Phi) is 15.5. The van der Waals surface area contributed by atoms with Gasteiger partial charge in [-0.1, -0.05) is 24.3 Å². The molecule has 0 bridgehead atoms. The Labute approximate surface area is 363 Å². The number of anilines is 3. The minimum atomic E-state index is -4.70. The van der Waals surface area contributed by atoms with Gasteiger partial charge < -0.3 is 15.3 Å². The predicted molar refractivity (Wildman–Crippen MR) is 194 cm³/mol. The Bertz CT molecular complexity index is 2530. The van der Waals surface area contributed by atoms with E-state index in [1.165, 1.54) is 54.6 Å². The maximum atomic E-state index is 13.7. The van der Waals surface area contributed by atoms with Gasteiger partial charge in [-0.3, -0.25) is 14.2 Å². The molecule has 3 radical (unpaired) electrons. The van der Waals surface area contributed by atoms with Crippen LogP contribution in [-0.2, 0) is 30.1 Å². The van der Waals surface area contributed by atoms with E-state index in [1.54, 1.807) is 0 Å². The van der Waals surface area contributed by atoms with Gasteiger partial charge in [0, 0.05) is 111 Å². The number of rotatable bonds is 12. The molecule has 0 saturated heterocycles. The van der Waals surface area contributed by atoms with E-state index in [-0.39, 0.29) is 133 Å². The van der Waals surface area contributed by atoms with Crippen LogP contribution in [0.15, 0.2) is 118 Å². The van der Waals surface area contributed by atoms with Gasteiger partial charge in [-0.2, -0.15) is 0 Å². The molecule has 0 aliphatic carbocycles. The fraction of sp³-hybridized carbons (Fsp3) is 0. The number of carboxylic acid groups (broad SMARTS) is 3. The summed E-state index contributed by atoms with van der Waals surface area (Å²) in [6.07, 6.45) is 0. The second-order valence-corrected chi connectivity index (χ2v) is 15.3. The van der Waals surface area contributed by atoms with E-state index >= 15 is 0 Å². The van der Waals surface area contributed by atoms with E-state index in [0.717, 1.165) is 48.5 Å². The molecule has 0 fully saturated rings. The Morgan fingerprint density at radius 2 is 0.808 bits per heavy atom. The number of hydrogen-bond acceptors (Lipinski definition) is 9. The molecule has 0 aliphatic rings. The van der Waals surface area contributed by atoms with Crippen molar-refractivity contribution in [3.8, 4) is 0 Å². The van der Waals surface area contributed by atoms with Crippen LogP contribution in [0.2, 0.25) is 0 Å². The van der Waals surface area contributed by atoms with Gasteiger partial charge in [-0.25, -0.2) is 39.6 Å². The Hall–Kier alpha value is -2.98. The molecule has 0 aliphatic heterocycles. The van der Waals surface area contributed by atoms with Crippen LogP contribution in [0.25, 0.3) is 10.8 Å². The van der Waals surface area contributed by atoms with Crippen molar-refractivity contribution in [3.05, 3.63) is 120 Å². The Morgan fingerprint density at radius 1 is 0.442 bits per heavy atom. The van der Waals surface area contributed by atoms with E-state index in [2.05, 4.69) is 14.2 Å². The van der Waals surface area contributed by atoms with Crippen LogP contribution in [0.5, 0.6) is 0 Å². The van der Waals surface area contributed by atoms with Gasteiger partial charge in [0.1, 0.15) is 0 Å². The van der Waals surface area contributed by atoms with Crippen LogP contribution >= 0.6 is 0 Å². The maximum Gasteiger partial charge on any atom is 0.335 e. The number of aromatic carboxylic acids is 3. The van der Waals surface area contributed by atoms with Gasteiger partial charge >= 0.3 is 17.9 Å². The van der Waals surface area contributed by atoms with Crippen LogP contribution in [0, 0.1) is 0 Å². The number of nitrogens with one attached hydrogen (secondary N) is 3. The third-order valence-electron chi connectivity index (χ3n) is 6.85. The average Bonchev–Trinajstić information content (AvgIpc) is 3.03. The number of carboxylic acids is 3. The van der Waals surface area contributed by atoms with E-state index in [0.29, 0.717) is 0 Å². The first kappa shape index (κ1) is 45.2. The number of carbonyl (C=O) groups is 3. The average molecular weight is 795 g/mol. The van der Waals surface area contributed by atoms with Crippen molar-refractivity contribution in [2.24, 2.45) is 0 Å². The van der Waals surface area contributed by atoms with E-state index in [9.17, 15) is 55.0 Å². The molecule has 255 valence electrons. The van der Waals surface area contributed by atoms with Gasteiger partial charge in [-0.15, -0.1) is 0 Å². The van der Waals surface area contributed by atoms with Crippen molar-refractivity contribution in [1.29, 1.82) is 0 Å². The molecule has 52 heavy (non-hydrogen) atoms. The van der Waals surface area contributed by atoms with Crippen molar-refractivity contribution in [2.75, 3.05) is 14.2 Å². The second kappa shape index (κ2) is 17.9. The normalized spacial score (nSPS) is 11.2. The summed E-state index contributed by atoms with van der Waals surface area (Å²) in [6.45, 7) is 0.